The number of hydrogen-bond donors (Lipinski definition) is 1. The van der Waals surface area contributed by atoms with Gasteiger partial charge in [-0.25, -0.2) is 0 Å². The molecule has 0 radical (unpaired) electrons. The molecule has 36 heavy (non-hydrogen) atoms. The van der Waals surface area contributed by atoms with Crippen LogP contribution in [0, 0.1) is 0 Å². The van der Waals surface area contributed by atoms with E-state index in [0.29, 0.717) is 27.0 Å². The van der Waals surface area contributed by atoms with E-state index in [1.54, 1.807) is 48.8 Å². The third-order valence-corrected chi connectivity index (χ3v) is 7.76. The molecule has 0 aliphatic carbocycles. The van der Waals surface area contributed by atoms with Crippen molar-refractivity contribution >= 4 is 45.7 Å². The molecule has 180 valence electrons. The number of rotatable bonds is 7. The zero-order valence-corrected chi connectivity index (χ0v) is 20.7. The smallest absolute Gasteiger partial charge is 0.301 e. The van der Waals surface area contributed by atoms with E-state index in [2.05, 4.69) is 15.2 Å². The number of methoxy groups -OCH3 is 1. The number of carbonyl (C=O) groups is 2. The second-order valence-electron chi connectivity index (χ2n) is 7.80. The van der Waals surface area contributed by atoms with Gasteiger partial charge in [0.1, 0.15) is 11.5 Å². The summed E-state index contributed by atoms with van der Waals surface area (Å²) in [5, 5.41) is 19.9. The molecule has 5 rings (SSSR count). The maximum absolute atomic E-state index is 13.3. The molecule has 1 N–H and O–H groups in total. The van der Waals surface area contributed by atoms with Gasteiger partial charge in [-0.3, -0.25) is 19.5 Å². The third-order valence-electron chi connectivity index (χ3n) is 5.64. The minimum atomic E-state index is -0.880. The normalized spacial score (nSPS) is 16.9. The van der Waals surface area contributed by atoms with E-state index in [4.69, 9.17) is 4.74 Å². The van der Waals surface area contributed by atoms with Crippen LogP contribution >= 0.6 is 23.1 Å². The van der Waals surface area contributed by atoms with Crippen LogP contribution in [-0.2, 0) is 15.3 Å². The molecule has 2 aromatic heterocycles. The highest BCUT2D eigenvalue weighted by molar-refractivity contribution is 8.00. The van der Waals surface area contributed by atoms with E-state index in [1.165, 1.54) is 35.1 Å². The molecule has 2 aromatic carbocycles. The Morgan fingerprint density at radius 3 is 2.44 bits per heavy atom. The Morgan fingerprint density at radius 2 is 1.75 bits per heavy atom. The number of pyridine rings is 1. The highest BCUT2D eigenvalue weighted by atomic mass is 32.2. The first kappa shape index (κ1) is 23.7. The average molecular weight is 517 g/mol. The zero-order chi connectivity index (χ0) is 25.1. The van der Waals surface area contributed by atoms with Gasteiger partial charge in [-0.05, 0) is 47.5 Å². The zero-order valence-electron chi connectivity index (χ0n) is 19.1. The summed E-state index contributed by atoms with van der Waals surface area (Å²) in [7, 11) is 1.54. The molecule has 1 atom stereocenters. The number of nitrogens with zero attached hydrogens (tertiary/aromatic N) is 4. The monoisotopic (exact) mass is 516 g/mol. The Balaban J connectivity index is 1.53. The lowest BCUT2D eigenvalue weighted by Crippen LogP contribution is -2.29. The van der Waals surface area contributed by atoms with E-state index in [-0.39, 0.29) is 16.5 Å². The van der Waals surface area contributed by atoms with Crippen LogP contribution in [0.2, 0.25) is 0 Å². The first-order chi connectivity index (χ1) is 17.6. The first-order valence-electron chi connectivity index (χ1n) is 10.9. The fourth-order valence-electron chi connectivity index (χ4n) is 3.87. The minimum absolute atomic E-state index is 0.0231. The molecule has 1 aliphatic heterocycles. The lowest BCUT2D eigenvalue weighted by molar-refractivity contribution is -0.132. The molecule has 0 bridgehead atoms. The van der Waals surface area contributed by atoms with Crippen molar-refractivity contribution in [1.29, 1.82) is 0 Å². The fourth-order valence-corrected chi connectivity index (χ4v) is 5.70. The van der Waals surface area contributed by atoms with Crippen molar-refractivity contribution in [2.24, 2.45) is 0 Å². The molecule has 0 spiro atoms. The van der Waals surface area contributed by atoms with Crippen molar-refractivity contribution in [2.45, 2.75) is 16.1 Å². The van der Waals surface area contributed by atoms with Crippen LogP contribution in [0.25, 0.3) is 5.76 Å². The molecule has 3 heterocycles. The van der Waals surface area contributed by atoms with Crippen LogP contribution in [0.5, 0.6) is 5.75 Å². The number of benzene rings is 2. The van der Waals surface area contributed by atoms with Crippen molar-refractivity contribution in [2.75, 3.05) is 12.0 Å². The Hall–Kier alpha value is -4.02. The summed E-state index contributed by atoms with van der Waals surface area (Å²) in [6, 6.07) is 19.1. The highest BCUT2D eigenvalue weighted by Crippen LogP contribution is 2.44. The summed E-state index contributed by atoms with van der Waals surface area (Å²) in [5.74, 6) is -0.545. The fraction of sp³-hybridized carbons (Fsp3) is 0.115. The number of aliphatic hydroxyl groups excluding tert-OH is 1. The van der Waals surface area contributed by atoms with Gasteiger partial charge in [0.2, 0.25) is 5.13 Å². The van der Waals surface area contributed by atoms with Gasteiger partial charge in [0.05, 0.1) is 18.7 Å². The molecule has 0 unspecified atom stereocenters. The van der Waals surface area contributed by atoms with E-state index in [9.17, 15) is 14.7 Å². The number of aliphatic hydroxyl groups is 1. The second kappa shape index (κ2) is 10.3. The average Bonchev–Trinajstić information content (AvgIpc) is 3.50. The summed E-state index contributed by atoms with van der Waals surface area (Å²) in [4.78, 5) is 31.8. The van der Waals surface area contributed by atoms with Gasteiger partial charge in [0.25, 0.3) is 5.78 Å². The number of carbonyl (C=O) groups excluding carboxylic acids is 2. The number of hydrogen-bond acceptors (Lipinski definition) is 9. The van der Waals surface area contributed by atoms with Gasteiger partial charge < -0.3 is 9.84 Å². The van der Waals surface area contributed by atoms with Crippen LogP contribution in [0.1, 0.15) is 22.7 Å². The Bertz CT molecular complexity index is 1420. The Labute approximate surface area is 215 Å². The molecule has 8 nitrogen and oxygen atoms in total. The predicted octanol–water partition coefficient (Wildman–Crippen LogP) is 4.86. The van der Waals surface area contributed by atoms with Gasteiger partial charge in [-0.2, -0.15) is 0 Å². The van der Waals surface area contributed by atoms with Crippen molar-refractivity contribution in [3.05, 3.63) is 101 Å². The molecular weight excluding hydrogens is 496 g/mol. The largest absolute Gasteiger partial charge is 0.507 e. The number of Topliss-reactive ketones (excluding diaryl/α,β-unsaturated/α-hetero) is 1. The molecule has 1 amide bonds. The van der Waals surface area contributed by atoms with Crippen LogP contribution in [0.4, 0.5) is 5.13 Å². The lowest BCUT2D eigenvalue weighted by atomic mass is 9.96. The highest BCUT2D eigenvalue weighted by Gasteiger charge is 2.48. The topological polar surface area (TPSA) is 106 Å². The SMILES string of the molecule is COc1ccc(C(O)=C2C(=O)C(=O)N(c3nnc(SCc4ccccc4)s3)[C@@H]2c2ccncc2)cc1. The van der Waals surface area contributed by atoms with Crippen LogP contribution in [0.3, 0.4) is 0 Å². The summed E-state index contributed by atoms with van der Waals surface area (Å²) in [5.41, 5.74) is 2.12. The van der Waals surface area contributed by atoms with Gasteiger partial charge >= 0.3 is 5.91 Å². The summed E-state index contributed by atoms with van der Waals surface area (Å²) >= 11 is 2.72. The predicted molar refractivity (Wildman–Crippen MR) is 138 cm³/mol. The number of ketones is 1. The van der Waals surface area contributed by atoms with Gasteiger partial charge in [0, 0.05) is 23.7 Å². The summed E-state index contributed by atoms with van der Waals surface area (Å²) in [6.07, 6.45) is 3.15. The molecule has 10 heteroatoms. The van der Waals surface area contributed by atoms with Crippen LogP contribution < -0.4 is 9.64 Å². The number of anilines is 1. The van der Waals surface area contributed by atoms with E-state index >= 15 is 0 Å². The van der Waals surface area contributed by atoms with Gasteiger partial charge in [-0.1, -0.05) is 53.4 Å². The molecule has 0 saturated carbocycles. The molecule has 1 saturated heterocycles. The maximum Gasteiger partial charge on any atom is 0.301 e. The number of amides is 1. The van der Waals surface area contributed by atoms with Crippen LogP contribution in [0.15, 0.2) is 89.0 Å². The number of ether oxygens (including phenoxy) is 1. The molecule has 1 fully saturated rings. The molecule has 4 aromatic rings. The summed E-state index contributed by atoms with van der Waals surface area (Å²) < 4.78 is 5.84. The van der Waals surface area contributed by atoms with E-state index in [1.807, 2.05) is 30.3 Å². The number of thioether (sulfide) groups is 1. The minimum Gasteiger partial charge on any atom is -0.507 e. The van der Waals surface area contributed by atoms with Crippen molar-refractivity contribution < 1.29 is 19.4 Å². The molecule has 1 aliphatic rings. The van der Waals surface area contributed by atoms with Crippen LogP contribution in [-0.4, -0.2) is 39.1 Å². The number of aromatic nitrogens is 3. The van der Waals surface area contributed by atoms with Gasteiger partial charge in [0.15, 0.2) is 4.34 Å². The lowest BCUT2D eigenvalue weighted by Gasteiger charge is -2.22. The van der Waals surface area contributed by atoms with E-state index in [0.717, 1.165) is 5.56 Å². The van der Waals surface area contributed by atoms with Gasteiger partial charge in [-0.15, -0.1) is 10.2 Å². The van der Waals surface area contributed by atoms with Crippen molar-refractivity contribution in [1.82, 2.24) is 15.2 Å². The quantitative estimate of drug-likeness (QED) is 0.122. The van der Waals surface area contributed by atoms with E-state index < -0.39 is 17.7 Å². The Kier molecular flexibility index (Phi) is 6.79. The third kappa shape index (κ3) is 4.60. The van der Waals surface area contributed by atoms with Crippen molar-refractivity contribution in [3.63, 3.8) is 0 Å². The molecular formula is C26H20N4O4S2. The summed E-state index contributed by atoms with van der Waals surface area (Å²) in [6.45, 7) is 0. The standard InChI is InChI=1S/C26H20N4O4S2/c1-34-19-9-7-18(8-10-19)22(31)20-21(17-11-13-27-14-12-17)30(24(33)23(20)32)25-28-29-26(36-25)35-15-16-5-3-2-4-6-16/h2-14,21,31H,15H2,1H3/t21-/m1/s1. The maximum atomic E-state index is 13.3. The first-order valence-corrected chi connectivity index (χ1v) is 12.7. The Morgan fingerprint density at radius 1 is 1.03 bits per heavy atom. The van der Waals surface area contributed by atoms with Crippen molar-refractivity contribution in [3.8, 4) is 5.75 Å². The second-order valence-corrected chi connectivity index (χ2v) is 9.98.